The smallest absolute Gasteiger partial charge is 0.257 e. The molecule has 0 radical (unpaired) electrons. The normalized spacial score (nSPS) is 19.8. The minimum atomic E-state index is -0.534. The molecule has 10 heteroatoms. The molecular weight excluding hydrogens is 563 g/mol. The lowest BCUT2D eigenvalue weighted by Gasteiger charge is -2.38. The highest BCUT2D eigenvalue weighted by Gasteiger charge is 2.33. The second-order valence-electron chi connectivity index (χ2n) is 9.94. The van der Waals surface area contributed by atoms with Crippen LogP contribution in [0.3, 0.4) is 0 Å². The largest absolute Gasteiger partial charge is 0.492 e. The number of aromatic nitrogens is 1. The molecule has 1 aliphatic heterocycles. The van der Waals surface area contributed by atoms with Gasteiger partial charge in [0.05, 0.1) is 18.0 Å². The van der Waals surface area contributed by atoms with Crippen molar-refractivity contribution in [2.24, 2.45) is 0 Å². The Morgan fingerprint density at radius 3 is 2.57 bits per heavy atom. The molecule has 2 N–H and O–H groups in total. The Balaban J connectivity index is 1.58. The molecule has 1 amide bonds. The summed E-state index contributed by atoms with van der Waals surface area (Å²) in [5.41, 5.74) is 1.15. The Kier molecular flexibility index (Phi) is 7.22. The van der Waals surface area contributed by atoms with Crippen molar-refractivity contribution in [3.63, 3.8) is 0 Å². The molecule has 2 fully saturated rings. The van der Waals surface area contributed by atoms with Gasteiger partial charge in [0.2, 0.25) is 5.43 Å². The van der Waals surface area contributed by atoms with E-state index in [0.29, 0.717) is 35.1 Å². The second-order valence-corrected chi connectivity index (χ2v) is 11.2. The zero-order valence-corrected chi connectivity index (χ0v) is 23.2. The quantitative estimate of drug-likeness (QED) is 0.421. The molecule has 0 spiro atoms. The highest BCUT2D eigenvalue weighted by molar-refractivity contribution is 9.10. The van der Waals surface area contributed by atoms with Crippen molar-refractivity contribution in [2.45, 2.75) is 51.4 Å². The number of anilines is 1. The molecule has 37 heavy (non-hydrogen) atoms. The predicted octanol–water partition coefficient (Wildman–Crippen LogP) is 5.02. The highest BCUT2D eigenvalue weighted by Crippen LogP contribution is 2.44. The van der Waals surface area contributed by atoms with Crippen LogP contribution in [0.1, 0.15) is 48.7 Å². The highest BCUT2D eigenvalue weighted by atomic mass is 79.9. The number of methoxy groups -OCH3 is 1. The van der Waals surface area contributed by atoms with Gasteiger partial charge in [-0.2, -0.15) is 0 Å². The molecule has 0 bridgehead atoms. The number of carbonyl (C=O) groups excluding carboxylic acids is 1. The molecule has 1 saturated heterocycles. The minimum Gasteiger partial charge on any atom is -0.492 e. The van der Waals surface area contributed by atoms with Gasteiger partial charge in [0, 0.05) is 53.5 Å². The average molecular weight is 592 g/mol. The number of halogens is 3. The first-order chi connectivity index (χ1) is 17.7. The summed E-state index contributed by atoms with van der Waals surface area (Å²) >= 11 is 9.45. The third-order valence-electron chi connectivity index (χ3n) is 6.92. The summed E-state index contributed by atoms with van der Waals surface area (Å²) in [6, 6.07) is 6.99. The van der Waals surface area contributed by atoms with Crippen molar-refractivity contribution in [1.29, 1.82) is 0 Å². The van der Waals surface area contributed by atoms with Gasteiger partial charge in [-0.25, -0.2) is 4.39 Å². The maximum Gasteiger partial charge on any atom is 0.257 e. The first-order valence-corrected chi connectivity index (χ1v) is 13.5. The molecule has 3 aromatic rings. The zero-order valence-electron chi connectivity index (χ0n) is 20.9. The van der Waals surface area contributed by atoms with Crippen LogP contribution in [0.2, 0.25) is 5.02 Å². The fourth-order valence-electron chi connectivity index (χ4n) is 5.18. The standard InChI is InChI=1S/C27H29BrClFN4O3/c1-14-11-33(12-15(2)32-14)24-22(30)9-19-23(26(24)37-3)34(18-6-7-18)13-20(25(19)35)27(36)31-10-16-4-5-17(29)8-21(16)28/h4-5,8-9,13-15,18,32H,6-7,10-12H2,1-3H3,(H,31,36)/t14-,15+. The number of amides is 1. The maximum atomic E-state index is 15.7. The van der Waals surface area contributed by atoms with E-state index in [1.807, 2.05) is 9.47 Å². The van der Waals surface area contributed by atoms with E-state index in [0.717, 1.165) is 22.9 Å². The van der Waals surface area contributed by atoms with Crippen LogP contribution in [0, 0.1) is 5.82 Å². The Morgan fingerprint density at radius 1 is 1.24 bits per heavy atom. The van der Waals surface area contributed by atoms with E-state index in [9.17, 15) is 9.59 Å². The van der Waals surface area contributed by atoms with E-state index in [-0.39, 0.29) is 35.6 Å². The monoisotopic (exact) mass is 590 g/mol. The first kappa shape index (κ1) is 26.0. The van der Waals surface area contributed by atoms with Gasteiger partial charge in [-0.15, -0.1) is 0 Å². The number of pyridine rings is 1. The van der Waals surface area contributed by atoms with E-state index in [1.54, 1.807) is 24.4 Å². The average Bonchev–Trinajstić information content (AvgIpc) is 3.68. The van der Waals surface area contributed by atoms with Crippen molar-refractivity contribution in [2.75, 3.05) is 25.1 Å². The molecule has 2 atom stereocenters. The molecule has 196 valence electrons. The molecule has 2 heterocycles. The number of fused-ring (bicyclic) bond motifs is 1. The number of carbonyl (C=O) groups is 1. The fourth-order valence-corrected chi connectivity index (χ4v) is 6.00. The molecule has 1 aromatic heterocycles. The van der Waals surface area contributed by atoms with Crippen molar-refractivity contribution in [1.82, 2.24) is 15.2 Å². The fraction of sp³-hybridized carbons (Fsp3) is 0.407. The molecular formula is C27H29BrClFN4O3. The Morgan fingerprint density at radius 2 is 1.95 bits per heavy atom. The van der Waals surface area contributed by atoms with Crippen LogP contribution < -0.4 is 25.7 Å². The topological polar surface area (TPSA) is 75.6 Å². The summed E-state index contributed by atoms with van der Waals surface area (Å²) < 4.78 is 24.2. The summed E-state index contributed by atoms with van der Waals surface area (Å²) in [6.45, 7) is 5.53. The molecule has 7 nitrogen and oxygen atoms in total. The summed E-state index contributed by atoms with van der Waals surface area (Å²) in [6.07, 6.45) is 3.42. The van der Waals surface area contributed by atoms with E-state index >= 15 is 4.39 Å². The number of hydrogen-bond acceptors (Lipinski definition) is 5. The number of piperazine rings is 1. The van der Waals surface area contributed by atoms with Gasteiger partial charge in [-0.3, -0.25) is 9.59 Å². The summed E-state index contributed by atoms with van der Waals surface area (Å²) in [4.78, 5) is 28.7. The number of rotatable bonds is 6. The van der Waals surface area contributed by atoms with Crippen LogP contribution in [0.4, 0.5) is 10.1 Å². The number of nitrogens with one attached hydrogen (secondary N) is 2. The molecule has 1 saturated carbocycles. The molecule has 2 aromatic carbocycles. The Labute approximate surface area is 228 Å². The van der Waals surface area contributed by atoms with Gasteiger partial charge in [0.1, 0.15) is 11.3 Å². The van der Waals surface area contributed by atoms with Gasteiger partial charge in [-0.05, 0) is 50.5 Å². The van der Waals surface area contributed by atoms with Crippen LogP contribution in [-0.2, 0) is 6.54 Å². The van der Waals surface area contributed by atoms with E-state index in [2.05, 4.69) is 40.4 Å². The third kappa shape index (κ3) is 5.09. The van der Waals surface area contributed by atoms with Crippen molar-refractivity contribution in [3.05, 3.63) is 67.1 Å². The van der Waals surface area contributed by atoms with Crippen LogP contribution in [0.5, 0.6) is 5.75 Å². The van der Waals surface area contributed by atoms with Crippen LogP contribution in [0.25, 0.3) is 10.9 Å². The van der Waals surface area contributed by atoms with Gasteiger partial charge in [-0.1, -0.05) is 33.6 Å². The number of ether oxygens (including phenoxy) is 1. The molecule has 2 aliphatic rings. The predicted molar refractivity (Wildman–Crippen MR) is 148 cm³/mol. The third-order valence-corrected chi connectivity index (χ3v) is 7.89. The van der Waals surface area contributed by atoms with E-state index < -0.39 is 17.2 Å². The SMILES string of the molecule is COc1c(N2C[C@@H](C)N[C@@H](C)C2)c(F)cc2c(=O)c(C(=O)NCc3ccc(Cl)cc3Br)cn(C3CC3)c12. The lowest BCUT2D eigenvalue weighted by molar-refractivity contribution is 0.0949. The zero-order chi connectivity index (χ0) is 26.4. The van der Waals surface area contributed by atoms with Crippen LogP contribution in [-0.4, -0.2) is 42.8 Å². The van der Waals surface area contributed by atoms with Gasteiger partial charge in [0.15, 0.2) is 11.6 Å². The van der Waals surface area contributed by atoms with Crippen molar-refractivity contribution >= 4 is 50.0 Å². The summed E-state index contributed by atoms with van der Waals surface area (Å²) in [5, 5.41) is 6.99. The number of nitrogens with zero attached hydrogens (tertiary/aromatic N) is 2. The van der Waals surface area contributed by atoms with Gasteiger partial charge >= 0.3 is 0 Å². The second kappa shape index (κ2) is 10.3. The van der Waals surface area contributed by atoms with Crippen LogP contribution >= 0.6 is 27.5 Å². The van der Waals surface area contributed by atoms with Gasteiger partial charge in [0.25, 0.3) is 5.91 Å². The Hall–Kier alpha value is -2.62. The van der Waals surface area contributed by atoms with Crippen LogP contribution in [0.15, 0.2) is 39.7 Å². The maximum absolute atomic E-state index is 15.7. The first-order valence-electron chi connectivity index (χ1n) is 12.4. The van der Waals surface area contributed by atoms with E-state index in [4.69, 9.17) is 16.3 Å². The molecule has 5 rings (SSSR count). The van der Waals surface area contributed by atoms with Crippen molar-refractivity contribution in [3.8, 4) is 5.75 Å². The lowest BCUT2D eigenvalue weighted by Crippen LogP contribution is -2.54. The summed E-state index contributed by atoms with van der Waals surface area (Å²) in [7, 11) is 1.50. The van der Waals surface area contributed by atoms with Gasteiger partial charge < -0.3 is 24.8 Å². The minimum absolute atomic E-state index is 0.0249. The Bertz CT molecular complexity index is 1430. The number of benzene rings is 2. The molecule has 0 unspecified atom stereocenters. The number of hydrogen-bond donors (Lipinski definition) is 2. The van der Waals surface area contributed by atoms with E-state index in [1.165, 1.54) is 13.2 Å². The lowest BCUT2D eigenvalue weighted by atomic mass is 10.1. The van der Waals surface area contributed by atoms with Crippen molar-refractivity contribution < 1.29 is 13.9 Å². The molecule has 1 aliphatic carbocycles. The summed E-state index contributed by atoms with van der Waals surface area (Å²) in [5.74, 6) is -0.721.